The second kappa shape index (κ2) is 7.42. The van der Waals surface area contributed by atoms with E-state index in [4.69, 9.17) is 14.6 Å². The van der Waals surface area contributed by atoms with E-state index >= 15 is 0 Å². The summed E-state index contributed by atoms with van der Waals surface area (Å²) in [5.41, 5.74) is 1.18. The van der Waals surface area contributed by atoms with Gasteiger partial charge in [0.2, 0.25) is 0 Å². The first-order valence-corrected chi connectivity index (χ1v) is 6.11. The van der Waals surface area contributed by atoms with Crippen LogP contribution in [-0.4, -0.2) is 30.9 Å². The highest BCUT2D eigenvalue weighted by Gasteiger charge is 2.06. The molecule has 0 unspecified atom stereocenters. The number of halogens is 1. The standard InChI is InChI=1S/C12H15BrO4/c1-2-16-5-6-17-8-10-4-3-9(12(14)15)7-11(10)13/h3-4,7H,2,5-6,8H2,1H3,(H,14,15). The van der Waals surface area contributed by atoms with E-state index in [1.807, 2.05) is 6.92 Å². The predicted molar refractivity (Wildman–Crippen MR) is 67.3 cm³/mol. The van der Waals surface area contributed by atoms with Crippen molar-refractivity contribution in [2.24, 2.45) is 0 Å². The molecule has 0 aliphatic heterocycles. The minimum atomic E-state index is -0.936. The fourth-order valence-corrected chi connectivity index (χ4v) is 1.73. The summed E-state index contributed by atoms with van der Waals surface area (Å²) in [6, 6.07) is 4.88. The number of carbonyl (C=O) groups is 1. The van der Waals surface area contributed by atoms with Gasteiger partial charge in [0, 0.05) is 11.1 Å². The second-order valence-electron chi connectivity index (χ2n) is 3.36. The van der Waals surface area contributed by atoms with Crippen LogP contribution in [0.3, 0.4) is 0 Å². The van der Waals surface area contributed by atoms with Gasteiger partial charge in [-0.15, -0.1) is 0 Å². The van der Waals surface area contributed by atoms with Gasteiger partial charge < -0.3 is 14.6 Å². The average molecular weight is 303 g/mol. The van der Waals surface area contributed by atoms with Crippen LogP contribution in [0.1, 0.15) is 22.8 Å². The molecule has 1 rings (SSSR count). The van der Waals surface area contributed by atoms with Gasteiger partial charge >= 0.3 is 5.97 Å². The van der Waals surface area contributed by atoms with E-state index < -0.39 is 5.97 Å². The smallest absolute Gasteiger partial charge is 0.335 e. The van der Waals surface area contributed by atoms with Crippen LogP contribution in [-0.2, 0) is 16.1 Å². The van der Waals surface area contributed by atoms with Crippen molar-refractivity contribution in [2.45, 2.75) is 13.5 Å². The molecule has 0 heterocycles. The third kappa shape index (κ3) is 4.85. The van der Waals surface area contributed by atoms with Crippen LogP contribution in [0.2, 0.25) is 0 Å². The SMILES string of the molecule is CCOCCOCc1ccc(C(=O)O)cc1Br. The lowest BCUT2D eigenvalue weighted by molar-refractivity contribution is 0.0451. The van der Waals surface area contributed by atoms with E-state index in [-0.39, 0.29) is 5.56 Å². The molecule has 0 aliphatic rings. The summed E-state index contributed by atoms with van der Waals surface area (Å²) in [6.07, 6.45) is 0. The van der Waals surface area contributed by atoms with Crippen LogP contribution < -0.4 is 0 Å². The van der Waals surface area contributed by atoms with E-state index in [0.29, 0.717) is 26.4 Å². The highest BCUT2D eigenvalue weighted by Crippen LogP contribution is 2.19. The number of hydrogen-bond donors (Lipinski definition) is 1. The van der Waals surface area contributed by atoms with Crippen LogP contribution in [0.25, 0.3) is 0 Å². The topological polar surface area (TPSA) is 55.8 Å². The normalized spacial score (nSPS) is 10.5. The van der Waals surface area contributed by atoms with Crippen LogP contribution in [0.15, 0.2) is 22.7 Å². The highest BCUT2D eigenvalue weighted by molar-refractivity contribution is 9.10. The summed E-state index contributed by atoms with van der Waals surface area (Å²) in [5.74, 6) is -0.936. The molecule has 0 amide bonds. The first-order chi connectivity index (χ1) is 8.15. The zero-order chi connectivity index (χ0) is 12.7. The second-order valence-corrected chi connectivity index (χ2v) is 4.22. The Hall–Kier alpha value is -0.910. The van der Waals surface area contributed by atoms with Crippen molar-refractivity contribution >= 4 is 21.9 Å². The van der Waals surface area contributed by atoms with Gasteiger partial charge in [-0.3, -0.25) is 0 Å². The number of carboxylic acid groups (broad SMARTS) is 1. The predicted octanol–water partition coefficient (Wildman–Crippen LogP) is 2.70. The molecule has 94 valence electrons. The number of aromatic carboxylic acids is 1. The van der Waals surface area contributed by atoms with Crippen LogP contribution in [0.4, 0.5) is 0 Å². The van der Waals surface area contributed by atoms with E-state index in [0.717, 1.165) is 10.0 Å². The molecule has 0 bridgehead atoms. The molecule has 0 saturated carbocycles. The highest BCUT2D eigenvalue weighted by atomic mass is 79.9. The Morgan fingerprint density at radius 1 is 1.35 bits per heavy atom. The lowest BCUT2D eigenvalue weighted by Gasteiger charge is -2.07. The molecule has 4 nitrogen and oxygen atoms in total. The summed E-state index contributed by atoms with van der Waals surface area (Å²) < 4.78 is 11.3. The molecule has 1 aromatic rings. The Labute approximate surface area is 109 Å². The van der Waals surface area contributed by atoms with E-state index in [1.165, 1.54) is 0 Å². The summed E-state index contributed by atoms with van der Waals surface area (Å²) in [7, 11) is 0. The van der Waals surface area contributed by atoms with Gasteiger partial charge in [0.15, 0.2) is 0 Å². The van der Waals surface area contributed by atoms with E-state index in [9.17, 15) is 4.79 Å². The van der Waals surface area contributed by atoms with Gasteiger partial charge in [0.1, 0.15) is 0 Å². The third-order valence-electron chi connectivity index (χ3n) is 2.13. The maximum atomic E-state index is 10.7. The number of ether oxygens (including phenoxy) is 2. The van der Waals surface area contributed by atoms with E-state index in [2.05, 4.69) is 15.9 Å². The summed E-state index contributed by atoms with van der Waals surface area (Å²) in [5, 5.41) is 8.80. The Balaban J connectivity index is 2.46. The molecule has 0 atom stereocenters. The summed E-state index contributed by atoms with van der Waals surface area (Å²) in [4.78, 5) is 10.7. The molecular weight excluding hydrogens is 288 g/mol. The summed E-state index contributed by atoms with van der Waals surface area (Å²) >= 11 is 3.32. The van der Waals surface area contributed by atoms with Crippen molar-refractivity contribution in [3.63, 3.8) is 0 Å². The maximum absolute atomic E-state index is 10.7. The number of carboxylic acids is 1. The Bertz CT molecular complexity index is 379. The zero-order valence-corrected chi connectivity index (χ0v) is 11.2. The lowest BCUT2D eigenvalue weighted by atomic mass is 10.1. The van der Waals surface area contributed by atoms with Crippen molar-refractivity contribution < 1.29 is 19.4 Å². The van der Waals surface area contributed by atoms with Gasteiger partial charge in [0.25, 0.3) is 0 Å². The van der Waals surface area contributed by atoms with Gasteiger partial charge in [-0.05, 0) is 24.6 Å². The first kappa shape index (κ1) is 14.2. The largest absolute Gasteiger partial charge is 0.478 e. The van der Waals surface area contributed by atoms with E-state index in [1.54, 1.807) is 18.2 Å². The third-order valence-corrected chi connectivity index (χ3v) is 2.87. The average Bonchev–Trinajstić information content (AvgIpc) is 2.30. The van der Waals surface area contributed by atoms with Crippen LogP contribution in [0.5, 0.6) is 0 Å². The molecular formula is C12H15BrO4. The minimum absolute atomic E-state index is 0.259. The molecule has 0 fully saturated rings. The van der Waals surface area contributed by atoms with Crippen molar-refractivity contribution in [1.29, 1.82) is 0 Å². The Kier molecular flexibility index (Phi) is 6.18. The fraction of sp³-hybridized carbons (Fsp3) is 0.417. The van der Waals surface area contributed by atoms with Gasteiger partial charge in [0.05, 0.1) is 25.4 Å². The van der Waals surface area contributed by atoms with Gasteiger partial charge in [-0.25, -0.2) is 4.79 Å². The van der Waals surface area contributed by atoms with Gasteiger partial charge in [-0.1, -0.05) is 22.0 Å². The number of rotatable bonds is 7. The lowest BCUT2D eigenvalue weighted by Crippen LogP contribution is -2.04. The van der Waals surface area contributed by atoms with Crippen molar-refractivity contribution in [3.05, 3.63) is 33.8 Å². The monoisotopic (exact) mass is 302 g/mol. The number of hydrogen-bond acceptors (Lipinski definition) is 3. The fourth-order valence-electron chi connectivity index (χ4n) is 1.24. The molecule has 17 heavy (non-hydrogen) atoms. The number of benzene rings is 1. The molecule has 1 aromatic carbocycles. The Morgan fingerprint density at radius 2 is 2.06 bits per heavy atom. The molecule has 1 N–H and O–H groups in total. The maximum Gasteiger partial charge on any atom is 0.335 e. The minimum Gasteiger partial charge on any atom is -0.478 e. The van der Waals surface area contributed by atoms with Crippen molar-refractivity contribution in [1.82, 2.24) is 0 Å². The molecule has 0 radical (unpaired) electrons. The van der Waals surface area contributed by atoms with Crippen molar-refractivity contribution in [2.75, 3.05) is 19.8 Å². The van der Waals surface area contributed by atoms with Crippen LogP contribution >= 0.6 is 15.9 Å². The zero-order valence-electron chi connectivity index (χ0n) is 9.61. The quantitative estimate of drug-likeness (QED) is 0.787. The molecule has 0 aliphatic carbocycles. The molecule has 0 spiro atoms. The molecule has 0 aromatic heterocycles. The Morgan fingerprint density at radius 3 is 2.65 bits per heavy atom. The first-order valence-electron chi connectivity index (χ1n) is 5.32. The van der Waals surface area contributed by atoms with Crippen LogP contribution in [0, 0.1) is 0 Å². The molecule has 5 heteroatoms. The van der Waals surface area contributed by atoms with Gasteiger partial charge in [-0.2, -0.15) is 0 Å². The summed E-state index contributed by atoms with van der Waals surface area (Å²) in [6.45, 7) is 4.15. The van der Waals surface area contributed by atoms with Crippen molar-refractivity contribution in [3.8, 4) is 0 Å². The molecule has 0 saturated heterocycles.